The van der Waals surface area contributed by atoms with E-state index in [-0.39, 0.29) is 12.1 Å². The Morgan fingerprint density at radius 2 is 1.93 bits per heavy atom. The lowest BCUT2D eigenvalue weighted by molar-refractivity contribution is 0.164. The number of rotatable bonds is 6. The number of halogens is 1. The standard InChI is InChI=1S/C23H25BrN4OS/c1-15-14-19(16(2)28(15)18-9-7-17(24)8-10-18)22-21(20-6-4-5-11-25-20)26-23(30)27(22)12-13-29-3/h4-11,14,21-22H,12-13H2,1-3H3,(H,26,30)/t21-,22-/m0/s1. The molecule has 4 rings (SSSR count). The van der Waals surface area contributed by atoms with Crippen LogP contribution in [0.15, 0.2) is 59.2 Å². The fourth-order valence-corrected chi connectivity index (χ4v) is 4.85. The van der Waals surface area contributed by atoms with Crippen LogP contribution in [0.25, 0.3) is 5.69 Å². The summed E-state index contributed by atoms with van der Waals surface area (Å²) in [4.78, 5) is 6.85. The zero-order chi connectivity index (χ0) is 21.3. The quantitative estimate of drug-likeness (QED) is 0.505. The first kappa shape index (κ1) is 21.0. The number of benzene rings is 1. The second-order valence-corrected chi connectivity index (χ2v) is 8.75. The van der Waals surface area contributed by atoms with Crippen molar-refractivity contribution in [3.05, 3.63) is 81.8 Å². The lowest BCUT2D eigenvalue weighted by atomic mass is 9.97. The number of aromatic nitrogens is 2. The minimum Gasteiger partial charge on any atom is -0.383 e. The van der Waals surface area contributed by atoms with Crippen LogP contribution in [0.4, 0.5) is 0 Å². The van der Waals surface area contributed by atoms with Crippen molar-refractivity contribution in [1.29, 1.82) is 0 Å². The highest BCUT2D eigenvalue weighted by molar-refractivity contribution is 9.10. The Morgan fingerprint density at radius 3 is 2.60 bits per heavy atom. The van der Waals surface area contributed by atoms with E-state index in [4.69, 9.17) is 17.0 Å². The van der Waals surface area contributed by atoms with Gasteiger partial charge in [-0.2, -0.15) is 0 Å². The molecule has 2 atom stereocenters. The highest BCUT2D eigenvalue weighted by Gasteiger charge is 2.41. The molecule has 7 heteroatoms. The molecule has 0 saturated carbocycles. The van der Waals surface area contributed by atoms with Crippen molar-refractivity contribution in [2.45, 2.75) is 25.9 Å². The van der Waals surface area contributed by atoms with Crippen LogP contribution in [-0.4, -0.2) is 39.8 Å². The molecule has 0 radical (unpaired) electrons. The van der Waals surface area contributed by atoms with Gasteiger partial charge in [-0.1, -0.05) is 22.0 Å². The van der Waals surface area contributed by atoms with E-state index in [9.17, 15) is 0 Å². The van der Waals surface area contributed by atoms with E-state index in [1.807, 2.05) is 18.3 Å². The third-order valence-electron chi connectivity index (χ3n) is 5.61. The van der Waals surface area contributed by atoms with Gasteiger partial charge in [-0.05, 0) is 74.1 Å². The summed E-state index contributed by atoms with van der Waals surface area (Å²) in [6.45, 7) is 5.65. The summed E-state index contributed by atoms with van der Waals surface area (Å²) in [7, 11) is 1.72. The molecule has 0 amide bonds. The predicted molar refractivity (Wildman–Crippen MR) is 127 cm³/mol. The maximum Gasteiger partial charge on any atom is 0.170 e. The first-order valence-corrected chi connectivity index (χ1v) is 11.1. The fraction of sp³-hybridized carbons (Fsp3) is 0.304. The zero-order valence-electron chi connectivity index (χ0n) is 17.3. The van der Waals surface area contributed by atoms with Crippen LogP contribution in [-0.2, 0) is 4.74 Å². The number of methoxy groups -OCH3 is 1. The van der Waals surface area contributed by atoms with Crippen molar-refractivity contribution in [1.82, 2.24) is 19.8 Å². The third kappa shape index (κ3) is 3.89. The van der Waals surface area contributed by atoms with Gasteiger partial charge in [-0.3, -0.25) is 4.98 Å². The number of pyridine rings is 1. The SMILES string of the molecule is COCCN1C(=S)N[C@@H](c2ccccn2)[C@@H]1c1cc(C)n(-c2ccc(Br)cc2)c1C. The molecule has 1 aromatic carbocycles. The largest absolute Gasteiger partial charge is 0.383 e. The summed E-state index contributed by atoms with van der Waals surface area (Å²) in [6.07, 6.45) is 1.83. The van der Waals surface area contributed by atoms with Gasteiger partial charge >= 0.3 is 0 Å². The minimum atomic E-state index is -0.0191. The molecule has 30 heavy (non-hydrogen) atoms. The van der Waals surface area contributed by atoms with Gasteiger partial charge in [-0.25, -0.2) is 0 Å². The fourth-order valence-electron chi connectivity index (χ4n) is 4.25. The van der Waals surface area contributed by atoms with Gasteiger partial charge in [0.2, 0.25) is 0 Å². The molecule has 0 spiro atoms. The van der Waals surface area contributed by atoms with Crippen molar-refractivity contribution in [2.24, 2.45) is 0 Å². The van der Waals surface area contributed by atoms with Gasteiger partial charge in [0.15, 0.2) is 5.11 Å². The first-order chi connectivity index (χ1) is 14.5. The lowest BCUT2D eigenvalue weighted by Gasteiger charge is -2.28. The van der Waals surface area contributed by atoms with Crippen molar-refractivity contribution >= 4 is 33.3 Å². The van der Waals surface area contributed by atoms with Crippen molar-refractivity contribution in [2.75, 3.05) is 20.3 Å². The summed E-state index contributed by atoms with van der Waals surface area (Å²) in [5, 5.41) is 4.24. The molecule has 0 bridgehead atoms. The van der Waals surface area contributed by atoms with Crippen LogP contribution in [0.2, 0.25) is 0 Å². The van der Waals surface area contributed by atoms with Crippen LogP contribution in [0.1, 0.15) is 34.7 Å². The summed E-state index contributed by atoms with van der Waals surface area (Å²) in [6, 6.07) is 16.7. The maximum absolute atomic E-state index is 5.72. The average Bonchev–Trinajstić information content (AvgIpc) is 3.23. The molecular weight excluding hydrogens is 460 g/mol. The third-order valence-corrected chi connectivity index (χ3v) is 6.49. The second kappa shape index (κ2) is 8.88. The Hall–Kier alpha value is -2.22. The molecule has 2 aromatic heterocycles. The topological polar surface area (TPSA) is 42.3 Å². The molecule has 1 N–H and O–H groups in total. The van der Waals surface area contributed by atoms with E-state index in [1.165, 1.54) is 17.0 Å². The minimum absolute atomic E-state index is 0.0191. The predicted octanol–water partition coefficient (Wildman–Crippen LogP) is 4.87. The van der Waals surface area contributed by atoms with Crippen LogP contribution in [0.5, 0.6) is 0 Å². The van der Waals surface area contributed by atoms with E-state index in [0.717, 1.165) is 27.5 Å². The van der Waals surface area contributed by atoms with Crippen molar-refractivity contribution in [3.63, 3.8) is 0 Å². The Morgan fingerprint density at radius 1 is 1.17 bits per heavy atom. The molecule has 1 saturated heterocycles. The molecule has 3 heterocycles. The van der Waals surface area contributed by atoms with Crippen LogP contribution < -0.4 is 5.32 Å². The maximum atomic E-state index is 5.72. The van der Waals surface area contributed by atoms with Crippen LogP contribution in [0.3, 0.4) is 0 Å². The molecule has 0 aliphatic carbocycles. The van der Waals surface area contributed by atoms with Crippen LogP contribution >= 0.6 is 28.1 Å². The number of aryl methyl sites for hydroxylation is 1. The Kier molecular flexibility index (Phi) is 6.22. The van der Waals surface area contributed by atoms with Crippen molar-refractivity contribution in [3.8, 4) is 5.69 Å². The number of thiocarbonyl (C=S) groups is 1. The zero-order valence-corrected chi connectivity index (χ0v) is 19.7. The number of hydrogen-bond donors (Lipinski definition) is 1. The average molecular weight is 485 g/mol. The molecule has 1 aliphatic heterocycles. The van der Waals surface area contributed by atoms with E-state index in [1.54, 1.807) is 7.11 Å². The van der Waals surface area contributed by atoms with Crippen LogP contribution in [0, 0.1) is 13.8 Å². The molecule has 5 nitrogen and oxygen atoms in total. The van der Waals surface area contributed by atoms with E-state index in [0.29, 0.717) is 6.61 Å². The normalized spacial score (nSPS) is 18.7. The van der Waals surface area contributed by atoms with Gasteiger partial charge in [0, 0.05) is 41.4 Å². The molecule has 3 aromatic rings. The number of nitrogens with one attached hydrogen (secondary N) is 1. The summed E-state index contributed by atoms with van der Waals surface area (Å²) in [5.41, 5.74) is 5.77. The summed E-state index contributed by atoms with van der Waals surface area (Å²) >= 11 is 9.25. The Bertz CT molecular complexity index is 1040. The van der Waals surface area contributed by atoms with Crippen molar-refractivity contribution < 1.29 is 4.74 Å². The van der Waals surface area contributed by atoms with Gasteiger partial charge in [-0.15, -0.1) is 0 Å². The molecular formula is C23H25BrN4OS. The molecule has 0 unspecified atom stereocenters. The smallest absolute Gasteiger partial charge is 0.170 e. The Labute approximate surface area is 191 Å². The highest BCUT2D eigenvalue weighted by Crippen LogP contribution is 2.41. The molecule has 1 fully saturated rings. The van der Waals surface area contributed by atoms with E-state index >= 15 is 0 Å². The summed E-state index contributed by atoms with van der Waals surface area (Å²) in [5.74, 6) is 0. The van der Waals surface area contributed by atoms with Gasteiger partial charge < -0.3 is 19.5 Å². The molecule has 1 aliphatic rings. The van der Waals surface area contributed by atoms with E-state index in [2.05, 4.69) is 85.9 Å². The van der Waals surface area contributed by atoms with Gasteiger partial charge in [0.1, 0.15) is 0 Å². The second-order valence-electron chi connectivity index (χ2n) is 7.45. The summed E-state index contributed by atoms with van der Waals surface area (Å²) < 4.78 is 8.73. The number of ether oxygens (including phenoxy) is 1. The lowest BCUT2D eigenvalue weighted by Crippen LogP contribution is -2.32. The van der Waals surface area contributed by atoms with E-state index < -0.39 is 0 Å². The number of hydrogen-bond acceptors (Lipinski definition) is 3. The Balaban J connectivity index is 1.81. The van der Waals surface area contributed by atoms with Gasteiger partial charge in [0.25, 0.3) is 0 Å². The first-order valence-electron chi connectivity index (χ1n) is 9.93. The monoisotopic (exact) mass is 484 g/mol. The van der Waals surface area contributed by atoms with Gasteiger partial charge in [0.05, 0.1) is 24.4 Å². The number of nitrogens with zero attached hydrogens (tertiary/aromatic N) is 3. The molecule has 156 valence electrons. The highest BCUT2D eigenvalue weighted by atomic mass is 79.9.